The molecule has 0 bridgehead atoms. The number of carbonyl (C=O) groups is 1. The van der Waals surface area contributed by atoms with Crippen molar-refractivity contribution in [2.24, 2.45) is 0 Å². The van der Waals surface area contributed by atoms with Crippen molar-refractivity contribution in [1.29, 1.82) is 5.26 Å². The van der Waals surface area contributed by atoms with Crippen LogP contribution in [0.15, 0.2) is 24.3 Å². The molecule has 0 radical (unpaired) electrons. The lowest BCUT2D eigenvalue weighted by Gasteiger charge is -2.05. The Morgan fingerprint density at radius 2 is 2.11 bits per heavy atom. The molecule has 2 amide bonds. The normalized spacial score (nSPS) is 9.68. The standard InChI is InChI=1S/C12H11N5OS/c1-8-16-17-12(19-8)15-11(18)14-7-10-4-2-9(6-13)3-5-10/h2-5H,7H2,1H3,(H2,14,15,17,18). The van der Waals surface area contributed by atoms with Crippen LogP contribution in [0.2, 0.25) is 0 Å². The highest BCUT2D eigenvalue weighted by Crippen LogP contribution is 2.13. The van der Waals surface area contributed by atoms with Crippen LogP contribution in [0.1, 0.15) is 16.1 Å². The molecule has 2 aromatic rings. The van der Waals surface area contributed by atoms with Crippen LogP contribution in [0.5, 0.6) is 0 Å². The number of hydrogen-bond donors (Lipinski definition) is 2. The number of nitriles is 1. The second-order valence-electron chi connectivity index (χ2n) is 3.74. The average molecular weight is 273 g/mol. The van der Waals surface area contributed by atoms with Gasteiger partial charge >= 0.3 is 6.03 Å². The third kappa shape index (κ3) is 3.76. The number of urea groups is 1. The number of aromatic nitrogens is 2. The van der Waals surface area contributed by atoms with Crippen LogP contribution in [-0.2, 0) is 6.54 Å². The molecule has 0 atom stereocenters. The number of rotatable bonds is 3. The van der Waals surface area contributed by atoms with E-state index in [9.17, 15) is 4.79 Å². The van der Waals surface area contributed by atoms with E-state index < -0.39 is 0 Å². The molecule has 19 heavy (non-hydrogen) atoms. The molecule has 2 rings (SSSR count). The maximum atomic E-state index is 11.6. The number of benzene rings is 1. The summed E-state index contributed by atoms with van der Waals surface area (Å²) >= 11 is 1.31. The zero-order chi connectivity index (χ0) is 13.7. The van der Waals surface area contributed by atoms with E-state index in [-0.39, 0.29) is 6.03 Å². The van der Waals surface area contributed by atoms with Crippen LogP contribution < -0.4 is 10.6 Å². The number of nitrogens with zero attached hydrogens (tertiary/aromatic N) is 3. The van der Waals surface area contributed by atoms with Crippen LogP contribution in [-0.4, -0.2) is 16.2 Å². The summed E-state index contributed by atoms with van der Waals surface area (Å²) in [5, 5.41) is 22.8. The smallest absolute Gasteiger partial charge is 0.321 e. The molecule has 0 aliphatic carbocycles. The summed E-state index contributed by atoms with van der Waals surface area (Å²) in [6.45, 7) is 2.20. The fraction of sp³-hybridized carbons (Fsp3) is 0.167. The van der Waals surface area contributed by atoms with Gasteiger partial charge < -0.3 is 5.32 Å². The molecule has 0 spiro atoms. The average Bonchev–Trinajstić information content (AvgIpc) is 2.82. The first-order valence-electron chi connectivity index (χ1n) is 5.51. The molecular formula is C12H11N5OS. The molecule has 0 aliphatic heterocycles. The van der Waals surface area contributed by atoms with Crippen molar-refractivity contribution in [1.82, 2.24) is 15.5 Å². The summed E-state index contributed by atoms with van der Waals surface area (Å²) in [4.78, 5) is 11.6. The minimum Gasteiger partial charge on any atom is -0.334 e. The van der Waals surface area contributed by atoms with Crippen molar-refractivity contribution in [2.75, 3.05) is 5.32 Å². The van der Waals surface area contributed by atoms with Gasteiger partial charge in [0, 0.05) is 6.54 Å². The largest absolute Gasteiger partial charge is 0.334 e. The first kappa shape index (κ1) is 13.0. The molecule has 96 valence electrons. The number of amides is 2. The van der Waals surface area contributed by atoms with Gasteiger partial charge in [0.2, 0.25) is 5.13 Å². The van der Waals surface area contributed by atoms with Crippen LogP contribution in [0.3, 0.4) is 0 Å². The minimum absolute atomic E-state index is 0.333. The highest BCUT2D eigenvalue weighted by Gasteiger charge is 2.05. The Morgan fingerprint density at radius 3 is 2.68 bits per heavy atom. The third-order valence-corrected chi connectivity index (χ3v) is 3.04. The van der Waals surface area contributed by atoms with Crippen LogP contribution >= 0.6 is 11.3 Å². The molecule has 0 aliphatic rings. The third-order valence-electron chi connectivity index (χ3n) is 2.28. The Labute approximate surface area is 114 Å². The maximum Gasteiger partial charge on any atom is 0.321 e. The summed E-state index contributed by atoms with van der Waals surface area (Å²) in [5.41, 5.74) is 1.51. The van der Waals surface area contributed by atoms with Gasteiger partial charge in [-0.05, 0) is 24.6 Å². The Balaban J connectivity index is 1.84. The van der Waals surface area contributed by atoms with E-state index >= 15 is 0 Å². The topological polar surface area (TPSA) is 90.7 Å². The molecule has 0 fully saturated rings. The van der Waals surface area contributed by atoms with E-state index in [2.05, 4.69) is 20.8 Å². The van der Waals surface area contributed by atoms with E-state index in [4.69, 9.17) is 5.26 Å². The van der Waals surface area contributed by atoms with Gasteiger partial charge in [0.25, 0.3) is 0 Å². The van der Waals surface area contributed by atoms with E-state index in [0.29, 0.717) is 17.2 Å². The van der Waals surface area contributed by atoms with Crippen molar-refractivity contribution in [3.8, 4) is 6.07 Å². The summed E-state index contributed by atoms with van der Waals surface area (Å²) in [7, 11) is 0. The molecule has 0 saturated heterocycles. The van der Waals surface area contributed by atoms with Gasteiger partial charge in [0.15, 0.2) is 0 Å². The Morgan fingerprint density at radius 1 is 1.37 bits per heavy atom. The SMILES string of the molecule is Cc1nnc(NC(=O)NCc2ccc(C#N)cc2)s1. The molecule has 1 heterocycles. The van der Waals surface area contributed by atoms with Crippen molar-refractivity contribution >= 4 is 22.5 Å². The highest BCUT2D eigenvalue weighted by atomic mass is 32.1. The lowest BCUT2D eigenvalue weighted by molar-refractivity contribution is 0.251. The molecular weight excluding hydrogens is 262 g/mol. The number of anilines is 1. The second-order valence-corrected chi connectivity index (χ2v) is 4.92. The molecule has 1 aromatic carbocycles. The Kier molecular flexibility index (Phi) is 4.05. The lowest BCUT2D eigenvalue weighted by Crippen LogP contribution is -2.28. The number of carbonyl (C=O) groups excluding carboxylic acids is 1. The van der Waals surface area contributed by atoms with Gasteiger partial charge in [-0.1, -0.05) is 23.5 Å². The van der Waals surface area contributed by atoms with Crippen LogP contribution in [0, 0.1) is 18.3 Å². The first-order valence-corrected chi connectivity index (χ1v) is 6.33. The summed E-state index contributed by atoms with van der Waals surface area (Å²) in [6, 6.07) is 8.73. The van der Waals surface area contributed by atoms with E-state index in [0.717, 1.165) is 10.6 Å². The quantitative estimate of drug-likeness (QED) is 0.895. The van der Waals surface area contributed by atoms with Crippen molar-refractivity contribution in [3.63, 3.8) is 0 Å². The Bertz CT molecular complexity index is 614. The first-order chi connectivity index (χ1) is 9.17. The number of hydrogen-bond acceptors (Lipinski definition) is 5. The van der Waals surface area contributed by atoms with E-state index in [1.165, 1.54) is 11.3 Å². The van der Waals surface area contributed by atoms with E-state index in [1.54, 1.807) is 24.3 Å². The lowest BCUT2D eigenvalue weighted by atomic mass is 10.1. The van der Waals surface area contributed by atoms with E-state index in [1.807, 2.05) is 13.0 Å². The minimum atomic E-state index is -0.333. The van der Waals surface area contributed by atoms with Crippen LogP contribution in [0.25, 0.3) is 0 Å². The highest BCUT2D eigenvalue weighted by molar-refractivity contribution is 7.15. The van der Waals surface area contributed by atoms with Gasteiger partial charge in [0.1, 0.15) is 5.01 Å². The van der Waals surface area contributed by atoms with Gasteiger partial charge in [0.05, 0.1) is 11.6 Å². The van der Waals surface area contributed by atoms with Gasteiger partial charge in [-0.25, -0.2) is 4.79 Å². The molecule has 0 saturated carbocycles. The Hall–Kier alpha value is -2.46. The van der Waals surface area contributed by atoms with Gasteiger partial charge in [-0.2, -0.15) is 5.26 Å². The van der Waals surface area contributed by atoms with Gasteiger partial charge in [-0.15, -0.1) is 10.2 Å². The summed E-state index contributed by atoms with van der Waals surface area (Å²) < 4.78 is 0. The van der Waals surface area contributed by atoms with Crippen LogP contribution in [0.4, 0.5) is 9.93 Å². The van der Waals surface area contributed by atoms with Gasteiger partial charge in [-0.3, -0.25) is 5.32 Å². The molecule has 7 heteroatoms. The maximum absolute atomic E-state index is 11.6. The zero-order valence-electron chi connectivity index (χ0n) is 10.2. The molecule has 0 unspecified atom stereocenters. The molecule has 2 N–H and O–H groups in total. The summed E-state index contributed by atoms with van der Waals surface area (Å²) in [5.74, 6) is 0. The van der Waals surface area contributed by atoms with Crippen molar-refractivity contribution < 1.29 is 4.79 Å². The zero-order valence-corrected chi connectivity index (χ0v) is 11.0. The van der Waals surface area contributed by atoms with Crippen molar-refractivity contribution in [3.05, 3.63) is 40.4 Å². The fourth-order valence-electron chi connectivity index (χ4n) is 1.37. The van der Waals surface area contributed by atoms with Crippen molar-refractivity contribution in [2.45, 2.75) is 13.5 Å². The predicted molar refractivity (Wildman–Crippen MR) is 71.7 cm³/mol. The number of aryl methyl sites for hydroxylation is 1. The second kappa shape index (κ2) is 5.93. The number of nitrogens with one attached hydrogen (secondary N) is 2. The monoisotopic (exact) mass is 273 g/mol. The molecule has 1 aromatic heterocycles. The summed E-state index contributed by atoms with van der Waals surface area (Å²) in [6.07, 6.45) is 0. The predicted octanol–water partition coefficient (Wildman–Crippen LogP) is 2.04. The molecule has 6 nitrogen and oxygen atoms in total. The fourth-order valence-corrected chi connectivity index (χ4v) is 1.95.